The lowest BCUT2D eigenvalue weighted by Crippen LogP contribution is -2.23. The van der Waals surface area contributed by atoms with Crippen molar-refractivity contribution in [3.05, 3.63) is 53.2 Å². The molecule has 0 saturated carbocycles. The molecule has 1 aromatic carbocycles. The number of para-hydroxylation sites is 1. The maximum absolute atomic E-state index is 6.14. The van der Waals surface area contributed by atoms with Crippen LogP contribution >= 0.6 is 23.4 Å². The number of halogens is 1. The molecule has 20 heavy (non-hydrogen) atoms. The summed E-state index contributed by atoms with van der Waals surface area (Å²) >= 11 is 7.47. The van der Waals surface area contributed by atoms with E-state index in [0.717, 1.165) is 16.3 Å². The van der Waals surface area contributed by atoms with Gasteiger partial charge in [0.05, 0.1) is 22.4 Å². The number of rotatable bonds is 5. The van der Waals surface area contributed by atoms with E-state index in [4.69, 9.17) is 22.1 Å². The van der Waals surface area contributed by atoms with Crippen LogP contribution in [-0.2, 0) is 0 Å². The van der Waals surface area contributed by atoms with Crippen LogP contribution in [0.2, 0.25) is 5.02 Å². The first-order chi connectivity index (χ1) is 9.61. The minimum absolute atomic E-state index is 0.0335. The molecule has 0 amide bonds. The van der Waals surface area contributed by atoms with Crippen LogP contribution in [0.25, 0.3) is 0 Å². The summed E-state index contributed by atoms with van der Waals surface area (Å²) < 4.78 is 5.42. The summed E-state index contributed by atoms with van der Waals surface area (Å²) in [6, 6.07) is 11.6. The largest absolute Gasteiger partial charge is 0.496 e. The van der Waals surface area contributed by atoms with Crippen molar-refractivity contribution in [3.63, 3.8) is 0 Å². The minimum atomic E-state index is -0.0335. The summed E-state index contributed by atoms with van der Waals surface area (Å²) in [6.45, 7) is 1.99. The second-order valence-electron chi connectivity index (χ2n) is 4.45. The fraction of sp³-hybridized carbons (Fsp3) is 0.267. The molecule has 2 atom stereocenters. The number of aromatic nitrogens is 1. The standard InChI is InChI=1S/C15H17ClN2OS/c1-10(17)15(12-5-3-4-6-13(12)19-2)20-14-8-7-11(16)9-18-14/h3-10,15H,17H2,1-2H3. The molecule has 0 aliphatic carbocycles. The topological polar surface area (TPSA) is 48.1 Å². The van der Waals surface area contributed by atoms with Gasteiger partial charge in [-0.05, 0) is 25.1 Å². The van der Waals surface area contributed by atoms with E-state index >= 15 is 0 Å². The number of thioether (sulfide) groups is 1. The van der Waals surface area contributed by atoms with Gasteiger partial charge in [-0.2, -0.15) is 0 Å². The number of hydrogen-bond acceptors (Lipinski definition) is 4. The fourth-order valence-electron chi connectivity index (χ4n) is 1.92. The Kier molecular flexibility index (Phi) is 5.29. The van der Waals surface area contributed by atoms with Crippen molar-refractivity contribution < 1.29 is 4.74 Å². The van der Waals surface area contributed by atoms with E-state index in [1.807, 2.05) is 43.3 Å². The van der Waals surface area contributed by atoms with E-state index in [-0.39, 0.29) is 11.3 Å². The van der Waals surface area contributed by atoms with Gasteiger partial charge in [0.15, 0.2) is 0 Å². The lowest BCUT2D eigenvalue weighted by molar-refractivity contribution is 0.408. The first-order valence-electron chi connectivity index (χ1n) is 6.28. The molecule has 0 radical (unpaired) electrons. The Morgan fingerprint density at radius 2 is 2.00 bits per heavy atom. The molecule has 1 aromatic heterocycles. The number of hydrogen-bond donors (Lipinski definition) is 1. The molecule has 106 valence electrons. The van der Waals surface area contributed by atoms with Crippen LogP contribution in [0.4, 0.5) is 0 Å². The van der Waals surface area contributed by atoms with Crippen LogP contribution in [0.1, 0.15) is 17.7 Å². The Hall–Kier alpha value is -1.23. The third-order valence-corrected chi connectivity index (χ3v) is 4.51. The average molecular weight is 309 g/mol. The average Bonchev–Trinajstić information content (AvgIpc) is 2.46. The molecule has 0 fully saturated rings. The van der Waals surface area contributed by atoms with Crippen molar-refractivity contribution in [2.24, 2.45) is 5.73 Å². The summed E-state index contributed by atoms with van der Waals surface area (Å²) in [7, 11) is 1.67. The zero-order valence-electron chi connectivity index (χ0n) is 11.4. The van der Waals surface area contributed by atoms with Gasteiger partial charge in [-0.3, -0.25) is 0 Å². The van der Waals surface area contributed by atoms with Crippen LogP contribution in [0, 0.1) is 0 Å². The number of nitrogens with zero attached hydrogens (tertiary/aromatic N) is 1. The lowest BCUT2D eigenvalue weighted by atomic mass is 10.1. The van der Waals surface area contributed by atoms with E-state index in [2.05, 4.69) is 4.98 Å². The van der Waals surface area contributed by atoms with Crippen LogP contribution in [0.5, 0.6) is 5.75 Å². The minimum Gasteiger partial charge on any atom is -0.496 e. The molecule has 2 N–H and O–H groups in total. The Labute approximate surface area is 128 Å². The summed E-state index contributed by atoms with van der Waals surface area (Å²) in [5.74, 6) is 0.844. The molecule has 5 heteroatoms. The Morgan fingerprint density at radius 1 is 1.25 bits per heavy atom. The van der Waals surface area contributed by atoms with Gasteiger partial charge in [-0.1, -0.05) is 41.6 Å². The first kappa shape index (κ1) is 15.2. The molecule has 0 aliphatic heterocycles. The van der Waals surface area contributed by atoms with E-state index in [0.29, 0.717) is 5.02 Å². The summed E-state index contributed by atoms with van der Waals surface area (Å²) in [5, 5.41) is 1.59. The highest BCUT2D eigenvalue weighted by atomic mass is 35.5. The summed E-state index contributed by atoms with van der Waals surface area (Å²) in [6.07, 6.45) is 1.64. The highest BCUT2D eigenvalue weighted by molar-refractivity contribution is 7.99. The van der Waals surface area contributed by atoms with E-state index in [1.165, 1.54) is 0 Å². The lowest BCUT2D eigenvalue weighted by Gasteiger charge is -2.22. The summed E-state index contributed by atoms with van der Waals surface area (Å²) in [5.41, 5.74) is 7.22. The smallest absolute Gasteiger partial charge is 0.123 e. The maximum Gasteiger partial charge on any atom is 0.123 e. The van der Waals surface area contributed by atoms with Crippen molar-refractivity contribution in [1.29, 1.82) is 0 Å². The fourth-order valence-corrected chi connectivity index (χ4v) is 3.09. The van der Waals surface area contributed by atoms with E-state index in [9.17, 15) is 0 Å². The van der Waals surface area contributed by atoms with Crippen molar-refractivity contribution in [2.75, 3.05) is 7.11 Å². The van der Waals surface area contributed by atoms with Crippen LogP contribution in [0.15, 0.2) is 47.6 Å². The van der Waals surface area contributed by atoms with Crippen molar-refractivity contribution in [2.45, 2.75) is 23.2 Å². The van der Waals surface area contributed by atoms with Gasteiger partial charge in [0, 0.05) is 17.8 Å². The predicted octanol–water partition coefficient (Wildman–Crippen LogP) is 3.92. The Morgan fingerprint density at radius 3 is 2.60 bits per heavy atom. The van der Waals surface area contributed by atoms with E-state index in [1.54, 1.807) is 25.1 Å². The quantitative estimate of drug-likeness (QED) is 0.850. The van der Waals surface area contributed by atoms with E-state index < -0.39 is 0 Å². The molecule has 2 unspecified atom stereocenters. The van der Waals surface area contributed by atoms with Crippen molar-refractivity contribution in [1.82, 2.24) is 4.98 Å². The highest BCUT2D eigenvalue weighted by Crippen LogP contribution is 2.40. The number of nitrogens with two attached hydrogens (primary N) is 1. The molecule has 0 saturated heterocycles. The SMILES string of the molecule is COc1ccccc1C(Sc1ccc(Cl)cn1)C(C)N. The number of ether oxygens (including phenoxy) is 1. The molecular formula is C15H17ClN2OS. The Balaban J connectivity index is 2.29. The Bertz CT molecular complexity index is 560. The first-order valence-corrected chi connectivity index (χ1v) is 7.54. The van der Waals surface area contributed by atoms with Gasteiger partial charge in [0.25, 0.3) is 0 Å². The van der Waals surface area contributed by atoms with Crippen LogP contribution in [-0.4, -0.2) is 18.1 Å². The molecule has 2 rings (SSSR count). The van der Waals surface area contributed by atoms with Crippen molar-refractivity contribution >= 4 is 23.4 Å². The number of pyridine rings is 1. The van der Waals surface area contributed by atoms with Gasteiger partial charge in [-0.25, -0.2) is 4.98 Å². The van der Waals surface area contributed by atoms with Gasteiger partial charge in [-0.15, -0.1) is 0 Å². The van der Waals surface area contributed by atoms with Gasteiger partial charge in [0.1, 0.15) is 5.75 Å². The normalized spacial score (nSPS) is 13.8. The number of methoxy groups -OCH3 is 1. The van der Waals surface area contributed by atoms with Crippen molar-refractivity contribution in [3.8, 4) is 5.75 Å². The monoisotopic (exact) mass is 308 g/mol. The molecule has 0 spiro atoms. The molecule has 3 nitrogen and oxygen atoms in total. The molecular weight excluding hydrogens is 292 g/mol. The van der Waals surface area contributed by atoms with Gasteiger partial charge in [0.2, 0.25) is 0 Å². The number of benzene rings is 1. The predicted molar refractivity (Wildman–Crippen MR) is 84.5 cm³/mol. The molecule has 2 aromatic rings. The van der Waals surface area contributed by atoms with Crippen LogP contribution in [0.3, 0.4) is 0 Å². The second-order valence-corrected chi connectivity index (χ2v) is 6.05. The van der Waals surface area contributed by atoms with Gasteiger partial charge < -0.3 is 10.5 Å². The molecule has 1 heterocycles. The zero-order chi connectivity index (χ0) is 14.5. The van der Waals surface area contributed by atoms with Crippen LogP contribution < -0.4 is 10.5 Å². The second kappa shape index (κ2) is 6.97. The maximum atomic E-state index is 6.14. The molecule has 0 aliphatic rings. The summed E-state index contributed by atoms with van der Waals surface area (Å²) in [4.78, 5) is 4.32. The van der Waals surface area contributed by atoms with Gasteiger partial charge >= 0.3 is 0 Å². The third kappa shape index (κ3) is 3.66. The molecule has 0 bridgehead atoms. The zero-order valence-corrected chi connectivity index (χ0v) is 13.0. The highest BCUT2D eigenvalue weighted by Gasteiger charge is 2.21. The third-order valence-electron chi connectivity index (χ3n) is 2.87.